The Labute approximate surface area is 237 Å². The number of amides is 2. The number of carbonyl (C=O) groups is 2. The monoisotopic (exact) mass is 552 g/mol. The standard InChI is InChI=1S/C31H28N4O4S/c1-2-35-30(37)28(18-22-10-12-27(13-11-22)39-21-25-7-4-3-6-24(25)20-32)40-31(35)33-26-9-5-8-23(19-26)29(36)34-14-16-38-17-15-34/h3-13,18-19H,2,14-17,21H2,1H3/b28-18+,33-31?. The lowest BCUT2D eigenvalue weighted by molar-refractivity contribution is -0.122. The number of thioether (sulfide) groups is 1. The van der Waals surface area contributed by atoms with Crippen molar-refractivity contribution in [1.29, 1.82) is 5.26 Å². The normalized spacial score (nSPS) is 17.4. The number of likely N-dealkylation sites (N-methyl/N-ethyl adjacent to an activating group) is 1. The van der Waals surface area contributed by atoms with Gasteiger partial charge in [0.25, 0.3) is 11.8 Å². The molecule has 0 bridgehead atoms. The first-order chi connectivity index (χ1) is 19.6. The molecule has 2 aliphatic heterocycles. The van der Waals surface area contributed by atoms with E-state index in [0.717, 1.165) is 11.1 Å². The SMILES string of the molecule is CCN1C(=O)/C(=C\c2ccc(OCc3ccccc3C#N)cc2)SC1=Nc1cccc(C(=O)N2CCOCC2)c1. The fourth-order valence-electron chi connectivity index (χ4n) is 4.37. The van der Waals surface area contributed by atoms with E-state index in [1.807, 2.05) is 67.6 Å². The van der Waals surface area contributed by atoms with Gasteiger partial charge in [-0.25, -0.2) is 4.99 Å². The number of rotatable bonds is 7. The Kier molecular flexibility index (Phi) is 8.59. The maximum atomic E-state index is 13.1. The smallest absolute Gasteiger partial charge is 0.266 e. The van der Waals surface area contributed by atoms with E-state index in [9.17, 15) is 14.9 Å². The molecule has 3 aromatic carbocycles. The van der Waals surface area contributed by atoms with Crippen LogP contribution in [0.5, 0.6) is 5.75 Å². The molecule has 0 unspecified atom stereocenters. The number of benzene rings is 3. The minimum atomic E-state index is -0.111. The van der Waals surface area contributed by atoms with Gasteiger partial charge in [-0.05, 0) is 66.7 Å². The Morgan fingerprint density at radius 3 is 2.62 bits per heavy atom. The molecule has 0 atom stereocenters. The summed E-state index contributed by atoms with van der Waals surface area (Å²) in [5, 5.41) is 9.83. The lowest BCUT2D eigenvalue weighted by atomic mass is 10.1. The van der Waals surface area contributed by atoms with Gasteiger partial charge in [-0.2, -0.15) is 5.26 Å². The van der Waals surface area contributed by atoms with Crippen molar-refractivity contribution in [2.75, 3.05) is 32.8 Å². The predicted molar refractivity (Wildman–Crippen MR) is 155 cm³/mol. The summed E-state index contributed by atoms with van der Waals surface area (Å²) in [6.07, 6.45) is 1.84. The molecule has 0 saturated carbocycles. The van der Waals surface area contributed by atoms with Crippen molar-refractivity contribution < 1.29 is 19.1 Å². The third-order valence-corrected chi connectivity index (χ3v) is 7.54. The van der Waals surface area contributed by atoms with Crippen LogP contribution in [0.4, 0.5) is 5.69 Å². The van der Waals surface area contributed by atoms with Gasteiger partial charge in [-0.3, -0.25) is 14.5 Å². The minimum Gasteiger partial charge on any atom is -0.489 e. The Bertz CT molecular complexity index is 1500. The highest BCUT2D eigenvalue weighted by Gasteiger charge is 2.32. The molecule has 0 spiro atoms. The van der Waals surface area contributed by atoms with Crippen LogP contribution in [0.3, 0.4) is 0 Å². The summed E-state index contributed by atoms with van der Waals surface area (Å²) in [4.78, 5) is 34.8. The highest BCUT2D eigenvalue weighted by Crippen LogP contribution is 2.34. The largest absolute Gasteiger partial charge is 0.489 e. The third kappa shape index (κ3) is 6.25. The Hall–Kier alpha value is -4.39. The minimum absolute atomic E-state index is 0.0462. The molecule has 2 amide bonds. The summed E-state index contributed by atoms with van der Waals surface area (Å²) in [5.41, 5.74) is 3.46. The molecule has 0 aromatic heterocycles. The van der Waals surface area contributed by atoms with Crippen molar-refractivity contribution in [1.82, 2.24) is 9.80 Å². The lowest BCUT2D eigenvalue weighted by Gasteiger charge is -2.26. The second-order valence-corrected chi connectivity index (χ2v) is 10.1. The molecule has 2 fully saturated rings. The molecular weight excluding hydrogens is 524 g/mol. The Balaban J connectivity index is 1.29. The molecule has 0 radical (unpaired) electrons. The lowest BCUT2D eigenvalue weighted by Crippen LogP contribution is -2.40. The van der Waals surface area contributed by atoms with E-state index in [1.54, 1.807) is 28.0 Å². The summed E-state index contributed by atoms with van der Waals surface area (Å²) < 4.78 is 11.2. The number of amidine groups is 1. The molecule has 2 heterocycles. The molecule has 5 rings (SSSR count). The summed E-state index contributed by atoms with van der Waals surface area (Å²) >= 11 is 1.31. The maximum absolute atomic E-state index is 13.1. The Morgan fingerprint density at radius 1 is 1.10 bits per heavy atom. The van der Waals surface area contributed by atoms with Crippen LogP contribution in [0.25, 0.3) is 6.08 Å². The van der Waals surface area contributed by atoms with E-state index in [2.05, 4.69) is 6.07 Å². The first-order valence-electron chi connectivity index (χ1n) is 13.0. The van der Waals surface area contributed by atoms with Gasteiger partial charge < -0.3 is 14.4 Å². The fraction of sp³-hybridized carbons (Fsp3) is 0.226. The first kappa shape index (κ1) is 27.2. The molecule has 9 heteroatoms. The molecule has 40 heavy (non-hydrogen) atoms. The number of morpholine rings is 1. The van der Waals surface area contributed by atoms with Crippen LogP contribution >= 0.6 is 11.8 Å². The van der Waals surface area contributed by atoms with E-state index in [0.29, 0.717) is 72.1 Å². The number of hydrogen-bond donors (Lipinski definition) is 0. The molecule has 0 aliphatic carbocycles. The van der Waals surface area contributed by atoms with E-state index in [-0.39, 0.29) is 11.8 Å². The number of hydrogen-bond acceptors (Lipinski definition) is 7. The number of nitrogens with zero attached hydrogens (tertiary/aromatic N) is 4. The quantitative estimate of drug-likeness (QED) is 0.373. The molecule has 2 aliphatic rings. The molecular formula is C31H28N4O4S. The first-order valence-corrected chi connectivity index (χ1v) is 13.9. The number of carbonyl (C=O) groups excluding carboxylic acids is 2. The second kappa shape index (κ2) is 12.6. The molecule has 3 aromatic rings. The molecule has 202 valence electrons. The van der Waals surface area contributed by atoms with Gasteiger partial charge in [0.15, 0.2) is 5.17 Å². The third-order valence-electron chi connectivity index (χ3n) is 6.53. The zero-order valence-corrected chi connectivity index (χ0v) is 22.9. The van der Waals surface area contributed by atoms with Crippen molar-refractivity contribution in [3.63, 3.8) is 0 Å². The number of aliphatic imine (C=N–C) groups is 1. The van der Waals surface area contributed by atoms with Gasteiger partial charge in [0.2, 0.25) is 0 Å². The van der Waals surface area contributed by atoms with Crippen LogP contribution < -0.4 is 4.74 Å². The van der Waals surface area contributed by atoms with Gasteiger partial charge in [-0.1, -0.05) is 36.4 Å². The van der Waals surface area contributed by atoms with E-state index >= 15 is 0 Å². The van der Waals surface area contributed by atoms with Gasteiger partial charge >= 0.3 is 0 Å². The van der Waals surface area contributed by atoms with Crippen molar-refractivity contribution in [2.24, 2.45) is 4.99 Å². The number of nitriles is 1. The van der Waals surface area contributed by atoms with Crippen LogP contribution in [-0.2, 0) is 16.1 Å². The van der Waals surface area contributed by atoms with Crippen molar-refractivity contribution in [2.45, 2.75) is 13.5 Å². The van der Waals surface area contributed by atoms with E-state index < -0.39 is 0 Å². The highest BCUT2D eigenvalue weighted by molar-refractivity contribution is 8.18. The number of ether oxygens (including phenoxy) is 2. The summed E-state index contributed by atoms with van der Waals surface area (Å²) in [6, 6.07) is 24.2. The van der Waals surface area contributed by atoms with Crippen LogP contribution in [-0.4, -0.2) is 59.6 Å². The summed E-state index contributed by atoms with van der Waals surface area (Å²) in [6.45, 7) is 4.91. The highest BCUT2D eigenvalue weighted by atomic mass is 32.2. The second-order valence-electron chi connectivity index (χ2n) is 9.14. The molecule has 8 nitrogen and oxygen atoms in total. The maximum Gasteiger partial charge on any atom is 0.266 e. The van der Waals surface area contributed by atoms with Crippen LogP contribution in [0.1, 0.15) is 34.0 Å². The summed E-state index contributed by atoms with van der Waals surface area (Å²) in [5.74, 6) is 0.514. The molecule has 0 N–H and O–H groups in total. The zero-order chi connectivity index (χ0) is 27.9. The van der Waals surface area contributed by atoms with Crippen molar-refractivity contribution >= 4 is 40.5 Å². The average Bonchev–Trinajstić information content (AvgIpc) is 3.29. The zero-order valence-electron chi connectivity index (χ0n) is 22.1. The summed E-state index contributed by atoms with van der Waals surface area (Å²) in [7, 11) is 0. The van der Waals surface area contributed by atoms with Gasteiger partial charge in [0, 0.05) is 30.8 Å². The molecule has 2 saturated heterocycles. The van der Waals surface area contributed by atoms with Gasteiger partial charge in [0.05, 0.1) is 35.4 Å². The predicted octanol–water partition coefficient (Wildman–Crippen LogP) is 5.23. The van der Waals surface area contributed by atoms with E-state index in [1.165, 1.54) is 11.8 Å². The fourth-order valence-corrected chi connectivity index (χ4v) is 5.43. The average molecular weight is 553 g/mol. The van der Waals surface area contributed by atoms with Crippen LogP contribution in [0, 0.1) is 11.3 Å². The van der Waals surface area contributed by atoms with Gasteiger partial charge in [0.1, 0.15) is 12.4 Å². The topological polar surface area (TPSA) is 95.2 Å². The van der Waals surface area contributed by atoms with Crippen molar-refractivity contribution in [3.8, 4) is 11.8 Å². The van der Waals surface area contributed by atoms with Gasteiger partial charge in [-0.15, -0.1) is 0 Å². The van der Waals surface area contributed by atoms with Crippen LogP contribution in [0.15, 0.2) is 82.7 Å². The Morgan fingerprint density at radius 2 is 1.88 bits per heavy atom. The van der Waals surface area contributed by atoms with Crippen molar-refractivity contribution in [3.05, 3.63) is 100.0 Å². The van der Waals surface area contributed by atoms with Crippen LogP contribution in [0.2, 0.25) is 0 Å². The van der Waals surface area contributed by atoms with E-state index in [4.69, 9.17) is 14.5 Å².